The van der Waals surface area contributed by atoms with Gasteiger partial charge >= 0.3 is 0 Å². The lowest BCUT2D eigenvalue weighted by atomic mass is 9.85. The zero-order valence-corrected chi connectivity index (χ0v) is 14.8. The molecule has 2 nitrogen and oxygen atoms in total. The first-order chi connectivity index (χ1) is 10.1. The van der Waals surface area contributed by atoms with Gasteiger partial charge in [-0.25, -0.2) is 0 Å². The molecule has 2 heteroatoms. The molecule has 1 saturated heterocycles. The first-order valence-corrected chi connectivity index (χ1v) is 9.56. The van der Waals surface area contributed by atoms with Crippen LogP contribution >= 0.6 is 0 Å². The molecular formula is C19H38N2. The van der Waals surface area contributed by atoms with Gasteiger partial charge in [0.15, 0.2) is 0 Å². The minimum atomic E-state index is 0.568. The fraction of sp³-hybridized carbons (Fsp3) is 1.00. The number of hydrogen-bond acceptors (Lipinski definition) is 2. The van der Waals surface area contributed by atoms with Gasteiger partial charge in [-0.2, -0.15) is 0 Å². The highest BCUT2D eigenvalue weighted by Gasteiger charge is 2.28. The maximum absolute atomic E-state index is 3.86. The van der Waals surface area contributed by atoms with Gasteiger partial charge in [0.1, 0.15) is 0 Å². The minimum absolute atomic E-state index is 0.568. The Bertz CT molecular complexity index is 287. The summed E-state index contributed by atoms with van der Waals surface area (Å²) in [5, 5.41) is 3.86. The lowest BCUT2D eigenvalue weighted by Crippen LogP contribution is -2.42. The summed E-state index contributed by atoms with van der Waals surface area (Å²) < 4.78 is 0. The minimum Gasteiger partial charge on any atom is -0.314 e. The van der Waals surface area contributed by atoms with E-state index in [1.165, 1.54) is 84.0 Å². The van der Waals surface area contributed by atoms with Crippen LogP contribution < -0.4 is 5.32 Å². The molecule has 21 heavy (non-hydrogen) atoms. The first kappa shape index (κ1) is 17.3. The molecule has 0 aromatic heterocycles. The van der Waals surface area contributed by atoms with E-state index < -0.39 is 0 Å². The molecule has 0 aromatic rings. The molecule has 1 N–H and O–H groups in total. The van der Waals surface area contributed by atoms with Crippen molar-refractivity contribution in [3.05, 3.63) is 0 Å². The normalized spacial score (nSPS) is 31.6. The van der Waals surface area contributed by atoms with Crippen LogP contribution in [0.25, 0.3) is 0 Å². The van der Waals surface area contributed by atoms with Crippen molar-refractivity contribution < 1.29 is 0 Å². The molecule has 0 radical (unpaired) electrons. The van der Waals surface area contributed by atoms with Crippen LogP contribution in [0.2, 0.25) is 0 Å². The summed E-state index contributed by atoms with van der Waals surface area (Å²) in [6.07, 6.45) is 12.6. The largest absolute Gasteiger partial charge is 0.314 e. The first-order valence-electron chi connectivity index (χ1n) is 9.56. The van der Waals surface area contributed by atoms with Gasteiger partial charge < -0.3 is 10.2 Å². The Morgan fingerprint density at radius 1 is 1.00 bits per heavy atom. The number of likely N-dealkylation sites (tertiary alicyclic amines) is 1. The standard InChI is InChI=1S/C19H38N2/c1-4-13-20-18-10-7-5-6-9-17(18)16-21-14-8-11-19(2,3)12-15-21/h17-18,20H,4-16H2,1-3H3. The van der Waals surface area contributed by atoms with Gasteiger partial charge in [-0.1, -0.05) is 40.0 Å². The van der Waals surface area contributed by atoms with Crippen LogP contribution in [0.1, 0.15) is 78.6 Å². The van der Waals surface area contributed by atoms with Crippen LogP contribution in [0.15, 0.2) is 0 Å². The van der Waals surface area contributed by atoms with Gasteiger partial charge in [0, 0.05) is 12.6 Å². The summed E-state index contributed by atoms with van der Waals surface area (Å²) in [7, 11) is 0. The van der Waals surface area contributed by atoms with Gasteiger partial charge in [0.05, 0.1) is 0 Å². The molecule has 2 atom stereocenters. The van der Waals surface area contributed by atoms with E-state index in [1.54, 1.807) is 0 Å². The van der Waals surface area contributed by atoms with E-state index in [1.807, 2.05) is 0 Å². The van der Waals surface area contributed by atoms with Crippen LogP contribution in [0.3, 0.4) is 0 Å². The average Bonchev–Trinajstić information content (AvgIpc) is 2.76. The number of nitrogens with one attached hydrogen (secondary N) is 1. The predicted molar refractivity (Wildman–Crippen MR) is 92.7 cm³/mol. The van der Waals surface area contributed by atoms with Crippen molar-refractivity contribution in [2.24, 2.45) is 11.3 Å². The number of hydrogen-bond donors (Lipinski definition) is 1. The van der Waals surface area contributed by atoms with Crippen LogP contribution in [-0.2, 0) is 0 Å². The topological polar surface area (TPSA) is 15.3 Å². The van der Waals surface area contributed by atoms with Crippen molar-refractivity contribution in [3.8, 4) is 0 Å². The summed E-state index contributed by atoms with van der Waals surface area (Å²) in [5.74, 6) is 0.889. The second kappa shape index (κ2) is 8.53. The highest BCUT2D eigenvalue weighted by atomic mass is 15.1. The summed E-state index contributed by atoms with van der Waals surface area (Å²) in [4.78, 5) is 2.78. The van der Waals surface area contributed by atoms with E-state index in [0.29, 0.717) is 5.41 Å². The molecule has 124 valence electrons. The molecule has 2 rings (SSSR count). The van der Waals surface area contributed by atoms with Crippen LogP contribution in [0.4, 0.5) is 0 Å². The van der Waals surface area contributed by atoms with E-state index in [0.717, 1.165) is 12.0 Å². The Morgan fingerprint density at radius 2 is 1.81 bits per heavy atom. The maximum atomic E-state index is 3.86. The number of nitrogens with zero attached hydrogens (tertiary/aromatic N) is 1. The molecule has 0 aromatic carbocycles. The zero-order valence-electron chi connectivity index (χ0n) is 14.8. The van der Waals surface area contributed by atoms with E-state index in [2.05, 4.69) is 31.0 Å². The van der Waals surface area contributed by atoms with Gasteiger partial charge in [-0.05, 0) is 69.5 Å². The van der Waals surface area contributed by atoms with E-state index in [9.17, 15) is 0 Å². The summed E-state index contributed by atoms with van der Waals surface area (Å²) >= 11 is 0. The fourth-order valence-corrected chi connectivity index (χ4v) is 4.19. The third-order valence-corrected chi connectivity index (χ3v) is 5.74. The average molecular weight is 295 g/mol. The maximum Gasteiger partial charge on any atom is 0.0107 e. The molecule has 2 fully saturated rings. The molecule has 2 aliphatic rings. The Kier molecular flexibility index (Phi) is 7.01. The summed E-state index contributed by atoms with van der Waals surface area (Å²) in [6.45, 7) is 12.4. The van der Waals surface area contributed by atoms with E-state index in [4.69, 9.17) is 0 Å². The van der Waals surface area contributed by atoms with Gasteiger partial charge in [-0.15, -0.1) is 0 Å². The molecular weight excluding hydrogens is 256 g/mol. The highest BCUT2D eigenvalue weighted by molar-refractivity contribution is 4.84. The number of rotatable bonds is 5. The van der Waals surface area contributed by atoms with Crippen molar-refractivity contribution in [2.75, 3.05) is 26.2 Å². The van der Waals surface area contributed by atoms with Crippen molar-refractivity contribution in [1.82, 2.24) is 10.2 Å². The molecule has 0 spiro atoms. The summed E-state index contributed by atoms with van der Waals surface area (Å²) in [5.41, 5.74) is 0.568. The van der Waals surface area contributed by atoms with E-state index in [-0.39, 0.29) is 0 Å². The van der Waals surface area contributed by atoms with Gasteiger partial charge in [0.2, 0.25) is 0 Å². The predicted octanol–water partition coefficient (Wildman–Crippen LogP) is 4.45. The third kappa shape index (κ3) is 5.90. The molecule has 0 bridgehead atoms. The van der Waals surface area contributed by atoms with Crippen molar-refractivity contribution >= 4 is 0 Å². The van der Waals surface area contributed by atoms with Crippen LogP contribution in [0, 0.1) is 11.3 Å². The Hall–Kier alpha value is -0.0800. The van der Waals surface area contributed by atoms with Gasteiger partial charge in [0.25, 0.3) is 0 Å². The lowest BCUT2D eigenvalue weighted by molar-refractivity contribution is 0.192. The molecule has 1 heterocycles. The molecule has 1 aliphatic carbocycles. The van der Waals surface area contributed by atoms with Crippen LogP contribution in [0.5, 0.6) is 0 Å². The Morgan fingerprint density at radius 3 is 2.62 bits per heavy atom. The SMILES string of the molecule is CCCNC1CCCCCC1CN1CCCC(C)(C)CC1. The molecule has 1 saturated carbocycles. The molecule has 0 amide bonds. The Labute approximate surface area is 133 Å². The third-order valence-electron chi connectivity index (χ3n) is 5.74. The van der Waals surface area contributed by atoms with Crippen molar-refractivity contribution in [2.45, 2.75) is 84.6 Å². The molecule has 1 aliphatic heterocycles. The lowest BCUT2D eigenvalue weighted by Gasteiger charge is -2.32. The quantitative estimate of drug-likeness (QED) is 0.754. The summed E-state index contributed by atoms with van der Waals surface area (Å²) in [6, 6.07) is 0.781. The second-order valence-electron chi connectivity index (χ2n) is 8.28. The highest BCUT2D eigenvalue weighted by Crippen LogP contribution is 2.31. The van der Waals surface area contributed by atoms with Crippen LogP contribution in [-0.4, -0.2) is 37.1 Å². The Balaban J connectivity index is 1.87. The van der Waals surface area contributed by atoms with Crippen molar-refractivity contribution in [1.29, 1.82) is 0 Å². The van der Waals surface area contributed by atoms with Gasteiger partial charge in [-0.3, -0.25) is 0 Å². The smallest absolute Gasteiger partial charge is 0.0107 e. The van der Waals surface area contributed by atoms with Crippen molar-refractivity contribution in [3.63, 3.8) is 0 Å². The molecule has 2 unspecified atom stereocenters. The zero-order chi connectivity index (χ0) is 15.1. The monoisotopic (exact) mass is 294 g/mol. The fourth-order valence-electron chi connectivity index (χ4n) is 4.19. The van der Waals surface area contributed by atoms with E-state index >= 15 is 0 Å². The second-order valence-corrected chi connectivity index (χ2v) is 8.28.